The summed E-state index contributed by atoms with van der Waals surface area (Å²) in [5, 5.41) is 61.5. The number of amides is 10. The molecule has 31 nitrogen and oxygen atoms in total. The van der Waals surface area contributed by atoms with Gasteiger partial charge in [0.15, 0.2) is 0 Å². The molecular weight excluding hydrogens is 1150 g/mol. The number of benzene rings is 1. The molecule has 0 spiro atoms. The fourth-order valence-corrected chi connectivity index (χ4v) is 9.38. The van der Waals surface area contributed by atoms with Gasteiger partial charge in [-0.05, 0) is 123 Å². The van der Waals surface area contributed by atoms with Crippen molar-refractivity contribution in [3.05, 3.63) is 35.9 Å². The predicted molar refractivity (Wildman–Crippen MR) is 324 cm³/mol. The summed E-state index contributed by atoms with van der Waals surface area (Å²) in [6, 6.07) is -6.22. The van der Waals surface area contributed by atoms with Crippen LogP contribution in [-0.4, -0.2) is 205 Å². The van der Waals surface area contributed by atoms with Crippen LogP contribution in [0.15, 0.2) is 30.3 Å². The minimum absolute atomic E-state index is 0.0367. The van der Waals surface area contributed by atoms with E-state index < -0.39 is 150 Å². The molecule has 24 N–H and O–H groups in total. The van der Waals surface area contributed by atoms with E-state index >= 15 is 0 Å². The highest BCUT2D eigenvalue weighted by atomic mass is 16.5. The predicted octanol–water partition coefficient (Wildman–Crippen LogP) is -6.16. The van der Waals surface area contributed by atoms with Crippen molar-refractivity contribution in [2.24, 2.45) is 34.6 Å². The van der Waals surface area contributed by atoms with E-state index in [1.54, 1.807) is 51.1 Å². The average Bonchev–Trinajstić information content (AvgIpc) is 3.23. The summed E-state index contributed by atoms with van der Waals surface area (Å²) in [5.74, 6) is -9.92. The topological polar surface area (TPSA) is 520 Å². The van der Waals surface area contributed by atoms with Crippen molar-refractivity contribution < 1.29 is 72.8 Å². The normalized spacial score (nSPS) is 23.4. The molecule has 0 saturated carbocycles. The molecule has 498 valence electrons. The van der Waals surface area contributed by atoms with Gasteiger partial charge in [-0.25, -0.2) is 0 Å². The van der Waals surface area contributed by atoms with Crippen LogP contribution in [0.2, 0.25) is 0 Å². The molecule has 2 unspecified atom stereocenters. The number of esters is 1. The third kappa shape index (κ3) is 28.0. The smallest absolute Gasteiger partial charge is 0.306 e. The molecule has 1 aromatic carbocycles. The van der Waals surface area contributed by atoms with E-state index in [0.29, 0.717) is 12.0 Å². The van der Waals surface area contributed by atoms with Gasteiger partial charge in [0.25, 0.3) is 0 Å². The summed E-state index contributed by atoms with van der Waals surface area (Å²) in [4.78, 5) is 153. The maximum absolute atomic E-state index is 14.6. The van der Waals surface area contributed by atoms with Crippen LogP contribution < -0.4 is 87.2 Å². The van der Waals surface area contributed by atoms with Gasteiger partial charge in [-0.3, -0.25) is 58.1 Å². The molecule has 0 aliphatic carbocycles. The highest BCUT2D eigenvalue weighted by Crippen LogP contribution is 2.13. The lowest BCUT2D eigenvalue weighted by molar-refractivity contribution is -0.149. The number of carbonyl (C=O) groups is 11. The van der Waals surface area contributed by atoms with Gasteiger partial charge in [0.2, 0.25) is 59.1 Å². The Morgan fingerprint density at radius 3 is 1.66 bits per heavy atom. The standard InChI is InChI=1S/C57H100N16O15/c1-7-12-32(4)88-45(77)17-16-44(76)64-37(18-24-59)53(83)73-47(34(6)75)57(87)69-40(21-27-62)49(79)68-41-22-28-63-56(86)46(33(5)74)72-52(82)36(15-11-23-58)65-48(78)38(19-25-60)67-54(84)42(29-31(2)3)70-55(85)43(30-35-13-9-8-10-14-35)71-50(80)39(20-26-61)66-51(41)81/h8-10,13-14,31-34,36-43,46-47,56,63,74-75,86H,7,11-12,15-30,58-62H2,1-6H3,(H,64,76)(H,65,78)(H,66,81)(H,67,84)(H,68,79)(H,69,87)(H,70,85)(H,71,80)(H,72,82)(H,73,83)/t32-,33-,34?,36-,37-,38-,39-,40-,41-,42-,43+,46-,47-,56?/m0/s1. The number of hydrogen-bond acceptors (Lipinski definition) is 21. The van der Waals surface area contributed by atoms with E-state index in [-0.39, 0.29) is 115 Å². The van der Waals surface area contributed by atoms with Crippen molar-refractivity contribution in [2.45, 2.75) is 210 Å². The van der Waals surface area contributed by atoms with Crippen LogP contribution in [0.25, 0.3) is 0 Å². The summed E-state index contributed by atoms with van der Waals surface area (Å²) >= 11 is 0. The highest BCUT2D eigenvalue weighted by molar-refractivity contribution is 5.99. The summed E-state index contributed by atoms with van der Waals surface area (Å²) in [7, 11) is 0. The molecule has 2 rings (SSSR count). The molecular formula is C57H100N16O15. The summed E-state index contributed by atoms with van der Waals surface area (Å²) < 4.78 is 5.28. The molecule has 0 radical (unpaired) electrons. The minimum Gasteiger partial charge on any atom is -0.463 e. The first-order valence-corrected chi connectivity index (χ1v) is 30.3. The Kier molecular flexibility index (Phi) is 36.2. The molecule has 1 heterocycles. The zero-order valence-corrected chi connectivity index (χ0v) is 51.6. The van der Waals surface area contributed by atoms with E-state index in [0.717, 1.165) is 6.42 Å². The maximum atomic E-state index is 14.6. The second-order valence-corrected chi connectivity index (χ2v) is 22.4. The first-order valence-electron chi connectivity index (χ1n) is 30.3. The van der Waals surface area contributed by atoms with Crippen molar-refractivity contribution >= 4 is 65.0 Å². The molecule has 31 heteroatoms. The van der Waals surface area contributed by atoms with E-state index in [9.17, 15) is 68.1 Å². The number of aliphatic hydroxyl groups is 3. The van der Waals surface area contributed by atoms with Crippen LogP contribution in [0, 0.1) is 5.92 Å². The first kappa shape index (κ1) is 77.1. The van der Waals surface area contributed by atoms with Gasteiger partial charge >= 0.3 is 5.97 Å². The maximum Gasteiger partial charge on any atom is 0.306 e. The second-order valence-electron chi connectivity index (χ2n) is 22.4. The lowest BCUT2D eigenvalue weighted by Gasteiger charge is -2.31. The Hall–Kier alpha value is -6.97. The fourth-order valence-electron chi connectivity index (χ4n) is 9.38. The van der Waals surface area contributed by atoms with Crippen LogP contribution >= 0.6 is 0 Å². The first-order chi connectivity index (χ1) is 41.7. The fraction of sp³-hybridized carbons (Fsp3) is 0.702. The highest BCUT2D eigenvalue weighted by Gasteiger charge is 2.38. The largest absolute Gasteiger partial charge is 0.463 e. The second kappa shape index (κ2) is 41.3. The van der Waals surface area contributed by atoms with Gasteiger partial charge in [-0.15, -0.1) is 0 Å². The molecule has 0 bridgehead atoms. The third-order valence-corrected chi connectivity index (χ3v) is 14.2. The van der Waals surface area contributed by atoms with Gasteiger partial charge < -0.3 is 102 Å². The number of rotatable bonds is 30. The molecule has 1 aromatic rings. The molecule has 1 fully saturated rings. The average molecular weight is 1250 g/mol. The van der Waals surface area contributed by atoms with Gasteiger partial charge in [0.1, 0.15) is 60.6 Å². The van der Waals surface area contributed by atoms with Gasteiger partial charge in [0, 0.05) is 19.4 Å². The van der Waals surface area contributed by atoms with Crippen LogP contribution in [0.5, 0.6) is 0 Å². The van der Waals surface area contributed by atoms with Crippen LogP contribution in [0.3, 0.4) is 0 Å². The molecule has 1 aliphatic rings. The van der Waals surface area contributed by atoms with Crippen molar-refractivity contribution in [2.75, 3.05) is 39.3 Å². The van der Waals surface area contributed by atoms with E-state index in [2.05, 4.69) is 58.5 Å². The van der Waals surface area contributed by atoms with Crippen molar-refractivity contribution in [1.82, 2.24) is 58.5 Å². The van der Waals surface area contributed by atoms with Gasteiger partial charge in [-0.1, -0.05) is 57.5 Å². The summed E-state index contributed by atoms with van der Waals surface area (Å²) in [6.07, 6.45) is -5.61. The van der Waals surface area contributed by atoms with Crippen molar-refractivity contribution in [3.8, 4) is 0 Å². The van der Waals surface area contributed by atoms with E-state index in [1.165, 1.54) is 13.8 Å². The van der Waals surface area contributed by atoms with Gasteiger partial charge in [-0.2, -0.15) is 0 Å². The third-order valence-electron chi connectivity index (χ3n) is 14.2. The van der Waals surface area contributed by atoms with E-state index in [4.69, 9.17) is 33.4 Å². The molecule has 10 amide bonds. The lowest BCUT2D eigenvalue weighted by Crippen LogP contribution is -2.62. The van der Waals surface area contributed by atoms with Gasteiger partial charge in [0.05, 0.1) is 30.8 Å². The lowest BCUT2D eigenvalue weighted by atomic mass is 10.00. The number of hydrogen-bond donors (Lipinski definition) is 19. The Labute approximate surface area is 514 Å². The van der Waals surface area contributed by atoms with Crippen LogP contribution in [-0.2, 0) is 63.9 Å². The summed E-state index contributed by atoms with van der Waals surface area (Å²) in [6.45, 7) is 8.68. The molecule has 0 aromatic heterocycles. The van der Waals surface area contributed by atoms with E-state index in [1.807, 2.05) is 6.92 Å². The number of aliphatic hydroxyl groups excluding tert-OH is 3. The minimum atomic E-state index is -1.79. The Morgan fingerprint density at radius 2 is 1.12 bits per heavy atom. The Morgan fingerprint density at radius 1 is 0.602 bits per heavy atom. The number of nitrogens with one attached hydrogen (secondary N) is 11. The number of carbonyl (C=O) groups excluding carboxylic acids is 11. The van der Waals surface area contributed by atoms with Crippen LogP contribution in [0.4, 0.5) is 0 Å². The number of ether oxygens (including phenoxy) is 1. The molecule has 88 heavy (non-hydrogen) atoms. The Bertz CT molecular complexity index is 2390. The van der Waals surface area contributed by atoms with Crippen LogP contribution in [0.1, 0.15) is 124 Å². The molecule has 14 atom stereocenters. The zero-order valence-electron chi connectivity index (χ0n) is 51.6. The molecule has 1 aliphatic heterocycles. The monoisotopic (exact) mass is 1250 g/mol. The quantitative estimate of drug-likeness (QED) is 0.0319. The molecule has 1 saturated heterocycles. The van der Waals surface area contributed by atoms with Crippen molar-refractivity contribution in [1.29, 1.82) is 0 Å². The SMILES string of the molecule is CCC[C@H](C)OC(=O)CCC(=O)N[C@@H](CCN)C(=O)N[C@H](C(=O)N[C@@H](CCN)C(=O)N[C@H]1CCNC(O)[C@H]([C@H](C)O)NC(=O)[C@H](CCCN)NC(=O)[C@H](CCN)NC(=O)[C@H](CC(C)C)NC(=O)[C@@H](Cc2ccccc2)NC(=O)[C@H](CCN)NC1=O)C(C)O. The zero-order chi connectivity index (χ0) is 66.0. The Balaban J connectivity index is 2.68. The van der Waals surface area contributed by atoms with Crippen molar-refractivity contribution in [3.63, 3.8) is 0 Å². The summed E-state index contributed by atoms with van der Waals surface area (Å²) in [5.41, 5.74) is 29.9. The number of nitrogens with two attached hydrogens (primary N) is 5.